The Morgan fingerprint density at radius 3 is 2.56 bits per heavy atom. The standard InChI is InChI=1S/C21H24N2O2/c1-22-11-16-12-23(13-18(22)15-25-14-16)21(24)20-10-6-5-9-19(20)17-7-3-2-4-8-17/h2-10,16,18H,11-15H2,1H3/t16-,18+/m1/s1. The fourth-order valence-corrected chi connectivity index (χ4v) is 3.93. The normalized spacial score (nSPS) is 24.0. The number of rotatable bonds is 2. The van der Waals surface area contributed by atoms with Gasteiger partial charge < -0.3 is 9.64 Å². The summed E-state index contributed by atoms with van der Waals surface area (Å²) in [7, 11) is 2.14. The third-order valence-corrected chi connectivity index (χ3v) is 5.27. The van der Waals surface area contributed by atoms with Gasteiger partial charge in [-0.25, -0.2) is 0 Å². The van der Waals surface area contributed by atoms with Crippen LogP contribution in [-0.4, -0.2) is 61.6 Å². The molecule has 0 radical (unpaired) electrons. The molecule has 1 amide bonds. The molecule has 2 aromatic rings. The lowest BCUT2D eigenvalue weighted by molar-refractivity contribution is 0.0434. The molecule has 0 aliphatic carbocycles. The Labute approximate surface area is 149 Å². The van der Waals surface area contributed by atoms with E-state index in [9.17, 15) is 4.79 Å². The summed E-state index contributed by atoms with van der Waals surface area (Å²) in [6.07, 6.45) is 0. The Morgan fingerprint density at radius 1 is 0.960 bits per heavy atom. The molecule has 0 aromatic heterocycles. The molecule has 4 rings (SSSR count). The summed E-state index contributed by atoms with van der Waals surface area (Å²) in [4.78, 5) is 17.7. The quantitative estimate of drug-likeness (QED) is 0.845. The Bertz CT molecular complexity index is 747. The van der Waals surface area contributed by atoms with Crippen molar-refractivity contribution in [2.24, 2.45) is 5.92 Å². The summed E-state index contributed by atoms with van der Waals surface area (Å²) in [6.45, 7) is 3.94. The van der Waals surface area contributed by atoms with E-state index in [-0.39, 0.29) is 11.9 Å². The van der Waals surface area contributed by atoms with Gasteiger partial charge >= 0.3 is 0 Å². The lowest BCUT2D eigenvalue weighted by atomic mass is 9.98. The van der Waals surface area contributed by atoms with Gasteiger partial charge in [-0.1, -0.05) is 48.5 Å². The van der Waals surface area contributed by atoms with Gasteiger partial charge in [0.1, 0.15) is 0 Å². The van der Waals surface area contributed by atoms with Gasteiger partial charge in [0, 0.05) is 31.1 Å². The van der Waals surface area contributed by atoms with E-state index >= 15 is 0 Å². The highest BCUT2D eigenvalue weighted by Gasteiger charge is 2.34. The molecule has 2 aliphatic rings. The Balaban J connectivity index is 1.66. The number of amides is 1. The van der Waals surface area contributed by atoms with Crippen molar-refractivity contribution < 1.29 is 9.53 Å². The Hall–Kier alpha value is -2.17. The van der Waals surface area contributed by atoms with E-state index in [1.165, 1.54) is 0 Å². The van der Waals surface area contributed by atoms with Crippen LogP contribution in [0.1, 0.15) is 10.4 Å². The number of benzene rings is 2. The fraction of sp³-hybridized carbons (Fsp3) is 0.381. The number of carbonyl (C=O) groups is 1. The summed E-state index contributed by atoms with van der Waals surface area (Å²) < 4.78 is 5.78. The average molecular weight is 336 g/mol. The molecule has 2 heterocycles. The molecule has 0 spiro atoms. The van der Waals surface area contributed by atoms with Gasteiger partial charge in [0.2, 0.25) is 0 Å². The first-order valence-electron chi connectivity index (χ1n) is 8.94. The van der Waals surface area contributed by atoms with E-state index in [4.69, 9.17) is 4.74 Å². The van der Waals surface area contributed by atoms with E-state index in [0.717, 1.165) is 42.9 Å². The molecule has 2 saturated heterocycles. The average Bonchev–Trinajstić information content (AvgIpc) is 2.90. The van der Waals surface area contributed by atoms with Gasteiger partial charge in [0.05, 0.1) is 19.3 Å². The molecule has 2 aliphatic heterocycles. The second-order valence-electron chi connectivity index (χ2n) is 7.12. The van der Waals surface area contributed by atoms with Crippen molar-refractivity contribution in [3.8, 4) is 11.1 Å². The van der Waals surface area contributed by atoms with Crippen LogP contribution in [0.4, 0.5) is 0 Å². The van der Waals surface area contributed by atoms with Crippen molar-refractivity contribution in [2.45, 2.75) is 6.04 Å². The van der Waals surface area contributed by atoms with Gasteiger partial charge in [0.15, 0.2) is 0 Å². The second-order valence-corrected chi connectivity index (χ2v) is 7.12. The van der Waals surface area contributed by atoms with Gasteiger partial charge in [-0.3, -0.25) is 9.69 Å². The number of carbonyl (C=O) groups excluding carboxylic acids is 1. The predicted octanol–water partition coefficient (Wildman–Crippen LogP) is 2.76. The van der Waals surface area contributed by atoms with Crippen LogP contribution < -0.4 is 0 Å². The van der Waals surface area contributed by atoms with Crippen LogP contribution in [0.25, 0.3) is 11.1 Å². The second kappa shape index (κ2) is 6.98. The molecular weight excluding hydrogens is 312 g/mol. The first kappa shape index (κ1) is 16.3. The van der Waals surface area contributed by atoms with Crippen LogP contribution in [-0.2, 0) is 4.74 Å². The van der Waals surface area contributed by atoms with Crippen molar-refractivity contribution in [3.05, 3.63) is 60.2 Å². The van der Waals surface area contributed by atoms with Crippen molar-refractivity contribution in [2.75, 3.05) is 39.9 Å². The van der Waals surface area contributed by atoms with Crippen molar-refractivity contribution in [1.82, 2.24) is 9.80 Å². The van der Waals surface area contributed by atoms with Crippen LogP contribution in [0.15, 0.2) is 54.6 Å². The number of hydrogen-bond donors (Lipinski definition) is 0. The molecule has 4 heteroatoms. The van der Waals surface area contributed by atoms with Crippen molar-refractivity contribution in [1.29, 1.82) is 0 Å². The molecule has 130 valence electrons. The first-order chi connectivity index (χ1) is 12.2. The van der Waals surface area contributed by atoms with Crippen LogP contribution in [0.3, 0.4) is 0 Å². The highest BCUT2D eigenvalue weighted by atomic mass is 16.5. The zero-order valence-corrected chi connectivity index (χ0v) is 14.6. The zero-order chi connectivity index (χ0) is 17.2. The van der Waals surface area contributed by atoms with Crippen LogP contribution in [0.2, 0.25) is 0 Å². The van der Waals surface area contributed by atoms with Gasteiger partial charge in [-0.05, 0) is 24.2 Å². The zero-order valence-electron chi connectivity index (χ0n) is 14.6. The number of likely N-dealkylation sites (N-methyl/N-ethyl adjacent to an activating group) is 1. The molecule has 2 aromatic carbocycles. The fourth-order valence-electron chi connectivity index (χ4n) is 3.93. The van der Waals surface area contributed by atoms with E-state index in [1.807, 2.05) is 47.4 Å². The summed E-state index contributed by atoms with van der Waals surface area (Å²) in [6, 6.07) is 18.4. The predicted molar refractivity (Wildman–Crippen MR) is 98.5 cm³/mol. The molecule has 2 bridgehead atoms. The monoisotopic (exact) mass is 336 g/mol. The summed E-state index contributed by atoms with van der Waals surface area (Å²) in [5, 5.41) is 0. The molecule has 2 atom stereocenters. The summed E-state index contributed by atoms with van der Waals surface area (Å²) in [5.74, 6) is 0.511. The molecule has 0 N–H and O–H groups in total. The van der Waals surface area contributed by atoms with E-state index in [1.54, 1.807) is 0 Å². The molecule has 2 fully saturated rings. The van der Waals surface area contributed by atoms with Crippen molar-refractivity contribution >= 4 is 5.91 Å². The Morgan fingerprint density at radius 2 is 1.72 bits per heavy atom. The maximum atomic E-state index is 13.4. The van der Waals surface area contributed by atoms with E-state index in [2.05, 4.69) is 24.1 Å². The van der Waals surface area contributed by atoms with Crippen LogP contribution in [0, 0.1) is 5.92 Å². The number of hydrogen-bond acceptors (Lipinski definition) is 3. The van der Waals surface area contributed by atoms with Crippen molar-refractivity contribution in [3.63, 3.8) is 0 Å². The molecule has 4 nitrogen and oxygen atoms in total. The highest BCUT2D eigenvalue weighted by Crippen LogP contribution is 2.26. The van der Waals surface area contributed by atoms with E-state index in [0.29, 0.717) is 12.5 Å². The van der Waals surface area contributed by atoms with Gasteiger partial charge in [0.25, 0.3) is 5.91 Å². The minimum atomic E-state index is 0.131. The number of ether oxygens (including phenoxy) is 1. The molecular formula is C21H24N2O2. The SMILES string of the molecule is CN1C[C@H]2COC[C@@H]1CN(C(=O)c1ccccc1-c1ccccc1)C2. The van der Waals surface area contributed by atoms with Crippen LogP contribution in [0.5, 0.6) is 0 Å². The van der Waals surface area contributed by atoms with Gasteiger partial charge in [-0.15, -0.1) is 0 Å². The van der Waals surface area contributed by atoms with E-state index < -0.39 is 0 Å². The molecule has 0 unspecified atom stereocenters. The third kappa shape index (κ3) is 3.32. The maximum Gasteiger partial charge on any atom is 0.254 e. The summed E-state index contributed by atoms with van der Waals surface area (Å²) in [5.41, 5.74) is 2.88. The third-order valence-electron chi connectivity index (χ3n) is 5.27. The number of nitrogens with zero attached hydrogens (tertiary/aromatic N) is 2. The summed E-state index contributed by atoms with van der Waals surface area (Å²) >= 11 is 0. The highest BCUT2D eigenvalue weighted by molar-refractivity contribution is 6.01. The lowest BCUT2D eigenvalue weighted by Crippen LogP contribution is -2.44. The Kier molecular flexibility index (Phi) is 4.55. The molecule has 25 heavy (non-hydrogen) atoms. The first-order valence-corrected chi connectivity index (χ1v) is 8.94. The molecule has 0 saturated carbocycles. The number of fused-ring (bicyclic) bond motifs is 3. The smallest absolute Gasteiger partial charge is 0.254 e. The topological polar surface area (TPSA) is 32.8 Å². The van der Waals surface area contributed by atoms with Gasteiger partial charge in [-0.2, -0.15) is 0 Å². The lowest BCUT2D eigenvalue weighted by Gasteiger charge is -2.30. The minimum absolute atomic E-state index is 0.131. The largest absolute Gasteiger partial charge is 0.379 e. The maximum absolute atomic E-state index is 13.4. The van der Waals surface area contributed by atoms with Crippen LogP contribution >= 0.6 is 0 Å². The minimum Gasteiger partial charge on any atom is -0.379 e.